The number of nitrogen functional groups attached to an aromatic ring is 1. The van der Waals surface area contributed by atoms with E-state index in [2.05, 4.69) is 9.97 Å². The van der Waals surface area contributed by atoms with Crippen molar-refractivity contribution < 1.29 is 8.42 Å². The molecule has 4 rings (SSSR count). The van der Waals surface area contributed by atoms with Crippen molar-refractivity contribution in [1.29, 1.82) is 0 Å². The number of aromatic nitrogens is 3. The SMILES string of the molecule is CCc1cnc(N)nc1-c1cn(S(=O)(=O)c2ccccc2)c2ccccc12. The molecular weight excluding hydrogens is 360 g/mol. The normalized spacial score (nSPS) is 11.7. The van der Waals surface area contributed by atoms with Crippen LogP contribution >= 0.6 is 0 Å². The Morgan fingerprint density at radius 2 is 1.74 bits per heavy atom. The Morgan fingerprint density at radius 1 is 1.04 bits per heavy atom. The smallest absolute Gasteiger partial charge is 0.268 e. The number of hydrogen-bond donors (Lipinski definition) is 1. The third kappa shape index (κ3) is 2.86. The minimum Gasteiger partial charge on any atom is -0.368 e. The van der Waals surface area contributed by atoms with Crippen molar-refractivity contribution >= 4 is 26.9 Å². The van der Waals surface area contributed by atoms with E-state index in [-0.39, 0.29) is 10.8 Å². The Kier molecular flexibility index (Phi) is 4.16. The molecule has 0 bridgehead atoms. The maximum atomic E-state index is 13.2. The van der Waals surface area contributed by atoms with Crippen molar-refractivity contribution in [3.8, 4) is 11.3 Å². The van der Waals surface area contributed by atoms with Gasteiger partial charge in [-0.2, -0.15) is 0 Å². The van der Waals surface area contributed by atoms with E-state index in [4.69, 9.17) is 5.73 Å². The van der Waals surface area contributed by atoms with E-state index >= 15 is 0 Å². The third-order valence-corrected chi connectivity index (χ3v) is 6.19. The number of nitrogens with two attached hydrogens (primary N) is 1. The Hall–Kier alpha value is -3.19. The summed E-state index contributed by atoms with van der Waals surface area (Å²) in [7, 11) is -3.74. The molecule has 0 atom stereocenters. The average Bonchev–Trinajstić information content (AvgIpc) is 3.09. The summed E-state index contributed by atoms with van der Waals surface area (Å²) < 4.78 is 27.7. The Labute approximate surface area is 157 Å². The highest BCUT2D eigenvalue weighted by atomic mass is 32.2. The largest absolute Gasteiger partial charge is 0.368 e. The number of rotatable bonds is 4. The second-order valence-electron chi connectivity index (χ2n) is 6.13. The third-order valence-electron chi connectivity index (χ3n) is 4.50. The van der Waals surface area contributed by atoms with Gasteiger partial charge in [0.1, 0.15) is 0 Å². The lowest BCUT2D eigenvalue weighted by Crippen LogP contribution is -2.11. The average molecular weight is 378 g/mol. The molecule has 0 amide bonds. The number of nitrogens with zero attached hydrogens (tertiary/aromatic N) is 3. The summed E-state index contributed by atoms with van der Waals surface area (Å²) in [5.41, 5.74) is 8.67. The van der Waals surface area contributed by atoms with Crippen LogP contribution < -0.4 is 5.73 Å². The van der Waals surface area contributed by atoms with Gasteiger partial charge < -0.3 is 5.73 Å². The molecule has 6 nitrogen and oxygen atoms in total. The highest BCUT2D eigenvalue weighted by Gasteiger charge is 2.23. The molecule has 0 fully saturated rings. The molecule has 0 radical (unpaired) electrons. The molecule has 2 N–H and O–H groups in total. The maximum Gasteiger partial charge on any atom is 0.268 e. The molecule has 0 spiro atoms. The van der Waals surface area contributed by atoms with E-state index in [1.807, 2.05) is 25.1 Å². The van der Waals surface area contributed by atoms with Crippen molar-refractivity contribution in [3.63, 3.8) is 0 Å². The molecule has 2 aromatic carbocycles. The van der Waals surface area contributed by atoms with Crippen LogP contribution in [0.2, 0.25) is 0 Å². The van der Waals surface area contributed by atoms with Crippen molar-refractivity contribution in [2.75, 3.05) is 5.73 Å². The first-order valence-electron chi connectivity index (χ1n) is 8.55. The van der Waals surface area contributed by atoms with Gasteiger partial charge in [-0.1, -0.05) is 43.3 Å². The van der Waals surface area contributed by atoms with Gasteiger partial charge in [0.25, 0.3) is 10.0 Å². The number of benzene rings is 2. The van der Waals surface area contributed by atoms with Crippen LogP contribution in [-0.2, 0) is 16.4 Å². The van der Waals surface area contributed by atoms with E-state index < -0.39 is 10.0 Å². The molecule has 7 heteroatoms. The summed E-state index contributed by atoms with van der Waals surface area (Å²) >= 11 is 0. The molecule has 136 valence electrons. The number of hydrogen-bond acceptors (Lipinski definition) is 5. The first kappa shape index (κ1) is 17.2. The molecule has 0 aliphatic carbocycles. The van der Waals surface area contributed by atoms with Crippen molar-refractivity contribution in [3.05, 3.63) is 72.6 Å². The quantitative estimate of drug-likeness (QED) is 0.587. The van der Waals surface area contributed by atoms with Crippen LogP contribution in [0.1, 0.15) is 12.5 Å². The van der Waals surface area contributed by atoms with Crippen LogP contribution in [0.4, 0.5) is 5.95 Å². The molecule has 0 aliphatic rings. The fraction of sp³-hybridized carbons (Fsp3) is 0.100. The van der Waals surface area contributed by atoms with Crippen molar-refractivity contribution in [2.24, 2.45) is 0 Å². The van der Waals surface area contributed by atoms with E-state index in [0.717, 1.165) is 16.5 Å². The van der Waals surface area contributed by atoms with Crippen LogP contribution in [0.5, 0.6) is 0 Å². The zero-order chi connectivity index (χ0) is 19.0. The van der Waals surface area contributed by atoms with Crippen LogP contribution in [0.15, 0.2) is 71.9 Å². The van der Waals surface area contributed by atoms with Gasteiger partial charge in [-0.25, -0.2) is 22.4 Å². The second-order valence-corrected chi connectivity index (χ2v) is 7.94. The summed E-state index contributed by atoms with van der Waals surface area (Å²) in [6.07, 6.45) is 4.02. The van der Waals surface area contributed by atoms with Crippen LogP contribution in [-0.4, -0.2) is 22.4 Å². The fourth-order valence-electron chi connectivity index (χ4n) is 3.16. The van der Waals surface area contributed by atoms with Gasteiger partial charge in [-0.3, -0.25) is 0 Å². The molecule has 27 heavy (non-hydrogen) atoms. The van der Waals surface area contributed by atoms with E-state index in [1.54, 1.807) is 48.8 Å². The predicted octanol–water partition coefficient (Wildman–Crippen LogP) is 3.48. The van der Waals surface area contributed by atoms with Gasteiger partial charge in [0.2, 0.25) is 5.95 Å². The van der Waals surface area contributed by atoms with Crippen LogP contribution in [0, 0.1) is 0 Å². The maximum absolute atomic E-state index is 13.2. The lowest BCUT2D eigenvalue weighted by Gasteiger charge is -2.07. The summed E-state index contributed by atoms with van der Waals surface area (Å²) in [5.74, 6) is 0.157. The number of aryl methyl sites for hydroxylation is 1. The minimum absolute atomic E-state index is 0.157. The van der Waals surface area contributed by atoms with Crippen molar-refractivity contribution in [2.45, 2.75) is 18.2 Å². The van der Waals surface area contributed by atoms with E-state index in [9.17, 15) is 8.42 Å². The molecule has 2 heterocycles. The Balaban J connectivity index is 2.03. The molecule has 0 saturated carbocycles. The zero-order valence-corrected chi connectivity index (χ0v) is 15.5. The summed E-state index contributed by atoms with van der Waals surface area (Å²) in [6, 6.07) is 15.7. The first-order chi connectivity index (χ1) is 13.0. The van der Waals surface area contributed by atoms with E-state index in [0.29, 0.717) is 17.6 Å². The minimum atomic E-state index is -3.74. The standard InChI is InChI=1S/C20H18N4O2S/c1-2-14-12-22-20(21)23-19(14)17-13-24(18-11-7-6-10-16(17)18)27(25,26)15-8-4-3-5-9-15/h3-13H,2H2,1H3,(H2,21,22,23). The zero-order valence-electron chi connectivity index (χ0n) is 14.7. The van der Waals surface area contributed by atoms with Crippen molar-refractivity contribution in [1.82, 2.24) is 13.9 Å². The lowest BCUT2D eigenvalue weighted by molar-refractivity contribution is 0.589. The summed E-state index contributed by atoms with van der Waals surface area (Å²) in [4.78, 5) is 8.68. The monoisotopic (exact) mass is 378 g/mol. The van der Waals surface area contributed by atoms with Crippen LogP contribution in [0.3, 0.4) is 0 Å². The highest BCUT2D eigenvalue weighted by Crippen LogP contribution is 2.34. The Bertz CT molecular complexity index is 1230. The number of para-hydroxylation sites is 1. The topological polar surface area (TPSA) is 90.9 Å². The van der Waals surface area contributed by atoms with E-state index in [1.165, 1.54) is 3.97 Å². The fourth-order valence-corrected chi connectivity index (χ4v) is 4.55. The van der Waals surface area contributed by atoms with Gasteiger partial charge >= 0.3 is 0 Å². The van der Waals surface area contributed by atoms with Gasteiger partial charge in [0.15, 0.2) is 0 Å². The van der Waals surface area contributed by atoms with Gasteiger partial charge in [0.05, 0.1) is 16.1 Å². The summed E-state index contributed by atoms with van der Waals surface area (Å²) in [5, 5.41) is 0.796. The summed E-state index contributed by atoms with van der Waals surface area (Å²) in [6.45, 7) is 2.00. The highest BCUT2D eigenvalue weighted by molar-refractivity contribution is 7.90. The lowest BCUT2D eigenvalue weighted by atomic mass is 10.0. The molecular formula is C20H18N4O2S. The molecule has 0 aliphatic heterocycles. The van der Waals surface area contributed by atoms with Gasteiger partial charge in [0, 0.05) is 23.3 Å². The molecule has 4 aromatic rings. The number of fused-ring (bicyclic) bond motifs is 1. The molecule has 2 aromatic heterocycles. The molecule has 0 saturated heterocycles. The molecule has 0 unspecified atom stereocenters. The Morgan fingerprint density at radius 3 is 2.48 bits per heavy atom. The first-order valence-corrected chi connectivity index (χ1v) is 9.99. The second kappa shape index (κ2) is 6.51. The number of anilines is 1. The van der Waals surface area contributed by atoms with Gasteiger partial charge in [-0.05, 0) is 30.2 Å². The predicted molar refractivity (Wildman–Crippen MR) is 106 cm³/mol. The van der Waals surface area contributed by atoms with Crippen LogP contribution in [0.25, 0.3) is 22.2 Å². The van der Waals surface area contributed by atoms with Gasteiger partial charge in [-0.15, -0.1) is 0 Å².